The Bertz CT molecular complexity index is 1880. The van der Waals surface area contributed by atoms with Crippen molar-refractivity contribution in [2.24, 2.45) is 0 Å². The monoisotopic (exact) mass is 765 g/mol. The summed E-state index contributed by atoms with van der Waals surface area (Å²) in [6.45, 7) is 5.35. The third-order valence-corrected chi connectivity index (χ3v) is 12.2. The van der Waals surface area contributed by atoms with E-state index in [1.165, 1.54) is 11.9 Å². The molecule has 1 aromatic heterocycles. The number of aromatic amines is 1. The Morgan fingerprint density at radius 1 is 1.05 bits per heavy atom. The molecule has 16 heteroatoms. The molecule has 0 bridgehead atoms. The van der Waals surface area contributed by atoms with Gasteiger partial charge in [0.15, 0.2) is 0 Å². The number of piperidine rings is 2. The highest BCUT2D eigenvalue weighted by Gasteiger charge is 2.49. The van der Waals surface area contributed by atoms with Gasteiger partial charge < -0.3 is 40.2 Å². The van der Waals surface area contributed by atoms with E-state index in [-0.39, 0.29) is 42.9 Å². The first-order chi connectivity index (χ1) is 26.1. The normalized spacial score (nSPS) is 20.8. The van der Waals surface area contributed by atoms with Crippen molar-refractivity contribution in [1.29, 1.82) is 0 Å². The summed E-state index contributed by atoms with van der Waals surface area (Å²) < 4.78 is 38.0. The number of aromatic nitrogens is 1. The Balaban J connectivity index is 1.17. The number of para-hydroxylation sites is 1. The fourth-order valence-corrected chi connectivity index (χ4v) is 8.84. The van der Waals surface area contributed by atoms with Gasteiger partial charge in [0, 0.05) is 81.3 Å². The van der Waals surface area contributed by atoms with Crippen LogP contribution in [0, 0.1) is 0 Å². The number of rotatable bonds is 10. The van der Waals surface area contributed by atoms with Gasteiger partial charge in [-0.25, -0.2) is 4.79 Å². The van der Waals surface area contributed by atoms with E-state index < -0.39 is 36.5 Å². The molecule has 2 aliphatic heterocycles. The minimum Gasteiger partial charge on any atom is -0.437 e. The maximum Gasteiger partial charge on any atom is 0.471 e. The highest BCUT2D eigenvalue weighted by atomic mass is 19.4. The van der Waals surface area contributed by atoms with Crippen LogP contribution < -0.4 is 10.6 Å². The molecular weight excluding hydrogens is 714 g/mol. The molecule has 1 aliphatic carbocycles. The maximum atomic E-state index is 14.6. The lowest BCUT2D eigenvalue weighted by Crippen LogP contribution is -2.59. The summed E-state index contributed by atoms with van der Waals surface area (Å²) in [4.78, 5) is 63.7. The average molecular weight is 766 g/mol. The van der Waals surface area contributed by atoms with Gasteiger partial charge in [-0.2, -0.15) is 13.2 Å². The predicted octanol–water partition coefficient (Wildman–Crippen LogP) is 4.04. The predicted molar refractivity (Wildman–Crippen MR) is 203 cm³/mol. The van der Waals surface area contributed by atoms with Gasteiger partial charge in [-0.1, -0.05) is 49.4 Å². The molecule has 5 amide bonds. The second-order valence-corrected chi connectivity index (χ2v) is 15.5. The minimum absolute atomic E-state index is 0.0783. The van der Waals surface area contributed by atoms with Crippen molar-refractivity contribution in [3.63, 3.8) is 0 Å². The molecule has 2 aromatic carbocycles. The van der Waals surface area contributed by atoms with Crippen LogP contribution >= 0.6 is 0 Å². The minimum atomic E-state index is -5.00. The zero-order valence-electron chi connectivity index (χ0n) is 31.9. The van der Waals surface area contributed by atoms with E-state index in [1.54, 1.807) is 18.8 Å². The van der Waals surface area contributed by atoms with Gasteiger partial charge in [0.25, 0.3) is 0 Å². The number of hydrogen-bond acceptors (Lipinski definition) is 6. The Morgan fingerprint density at radius 3 is 2.45 bits per heavy atom. The van der Waals surface area contributed by atoms with Crippen LogP contribution in [-0.2, 0) is 19.8 Å². The van der Waals surface area contributed by atoms with Gasteiger partial charge in [-0.05, 0) is 68.2 Å². The first kappa shape index (κ1) is 40.1. The van der Waals surface area contributed by atoms with E-state index in [0.717, 1.165) is 47.0 Å². The number of nitrogens with one attached hydrogen (secondary N) is 3. The smallest absolute Gasteiger partial charge is 0.437 e. The summed E-state index contributed by atoms with van der Waals surface area (Å²) in [6.07, 6.45) is 0.188. The zero-order chi connectivity index (χ0) is 39.7. The summed E-state index contributed by atoms with van der Waals surface area (Å²) in [6, 6.07) is 14.2. The molecule has 4 N–H and O–H groups in total. The molecule has 2 saturated heterocycles. The van der Waals surface area contributed by atoms with E-state index in [4.69, 9.17) is 0 Å². The molecule has 296 valence electrons. The van der Waals surface area contributed by atoms with Crippen LogP contribution in [0.5, 0.6) is 0 Å². The lowest BCUT2D eigenvalue weighted by molar-refractivity contribution is -0.173. The molecule has 0 saturated carbocycles. The standard InChI is InChI=1S/C39H51BF3N7O5/c1-25(30-23-45-32-14-8-6-12-28(30)32)33(46-37(54)48(4)26-10-9-18-50(24-26)40(2)55)35(52)49-19-15-38(16-20-49)22-29(27-11-5-7-13-31(27)38)34(51)47(3)21-17-44-36(53)39(41,42)43/h5-8,11-14,23,25-26,29,33,45,55H,9-10,15-22,24H2,1-4H3,(H,44,53)(H,46,54)/t25-,26?,29-,33?/m1/s1. The van der Waals surface area contributed by atoms with Gasteiger partial charge in [0.2, 0.25) is 11.8 Å². The van der Waals surface area contributed by atoms with Crippen LogP contribution in [0.1, 0.15) is 67.6 Å². The van der Waals surface area contributed by atoms with E-state index in [1.807, 2.05) is 76.7 Å². The van der Waals surface area contributed by atoms with Crippen molar-refractivity contribution in [2.75, 3.05) is 53.4 Å². The molecule has 2 fully saturated rings. The number of carbonyl (C=O) groups excluding carboxylic acids is 4. The summed E-state index contributed by atoms with van der Waals surface area (Å²) in [5, 5.41) is 16.1. The third-order valence-electron chi connectivity index (χ3n) is 12.2. The first-order valence-corrected chi connectivity index (χ1v) is 19.1. The Labute approximate surface area is 319 Å². The molecule has 12 nitrogen and oxygen atoms in total. The van der Waals surface area contributed by atoms with Gasteiger partial charge in [-0.3, -0.25) is 14.4 Å². The summed E-state index contributed by atoms with van der Waals surface area (Å²) in [7, 11) is 2.63. The molecule has 1 spiro atoms. The number of likely N-dealkylation sites (tertiary alicyclic amines) is 1. The van der Waals surface area contributed by atoms with Crippen molar-refractivity contribution in [3.8, 4) is 0 Å². The quantitative estimate of drug-likeness (QED) is 0.230. The number of H-pyrrole nitrogens is 1. The number of halogens is 3. The van der Waals surface area contributed by atoms with Crippen molar-refractivity contribution in [1.82, 2.24) is 35.1 Å². The molecule has 55 heavy (non-hydrogen) atoms. The SMILES string of the molecule is CB(O)N1CCCC(N(C)C(=O)NC(C(=O)N2CCC3(CC2)C[C@@H](C(=O)N(C)CCNC(=O)C(F)(F)F)c2ccccc23)[C@H](C)c2c[nH]c3ccccc23)C1. The van der Waals surface area contributed by atoms with Crippen molar-refractivity contribution in [2.45, 2.75) is 81.4 Å². The number of nitrogens with zero attached hydrogens (tertiary/aromatic N) is 4. The number of hydrogen-bond donors (Lipinski definition) is 4. The van der Waals surface area contributed by atoms with Crippen LogP contribution in [-0.4, -0.2) is 132 Å². The van der Waals surface area contributed by atoms with Crippen LogP contribution in [0.4, 0.5) is 18.0 Å². The number of urea groups is 1. The van der Waals surface area contributed by atoms with E-state index in [9.17, 15) is 37.4 Å². The maximum absolute atomic E-state index is 14.6. The van der Waals surface area contributed by atoms with Gasteiger partial charge in [0.1, 0.15) is 6.04 Å². The number of fused-ring (bicyclic) bond motifs is 3. The molecule has 6 rings (SSSR count). The Kier molecular flexibility index (Phi) is 11.9. The van der Waals surface area contributed by atoms with Crippen LogP contribution in [0.2, 0.25) is 6.82 Å². The molecular formula is C39H51BF3N7O5. The third kappa shape index (κ3) is 8.35. The summed E-state index contributed by atoms with van der Waals surface area (Å²) in [5.41, 5.74) is 3.36. The molecule has 2 unspecified atom stereocenters. The fraction of sp³-hybridized carbons (Fsp3) is 0.538. The van der Waals surface area contributed by atoms with Crippen LogP contribution in [0.15, 0.2) is 54.7 Å². The van der Waals surface area contributed by atoms with Crippen molar-refractivity contribution in [3.05, 3.63) is 71.4 Å². The second kappa shape index (κ2) is 16.3. The van der Waals surface area contributed by atoms with Gasteiger partial charge in [-0.15, -0.1) is 0 Å². The fourth-order valence-electron chi connectivity index (χ4n) is 8.84. The summed E-state index contributed by atoms with van der Waals surface area (Å²) in [5.74, 6) is -3.38. The van der Waals surface area contributed by atoms with Crippen LogP contribution in [0.3, 0.4) is 0 Å². The highest BCUT2D eigenvalue weighted by molar-refractivity contribution is 6.45. The molecule has 4 atom stereocenters. The number of amides is 5. The lowest BCUT2D eigenvalue weighted by atomic mass is 9.73. The molecule has 3 heterocycles. The number of benzene rings is 2. The Morgan fingerprint density at radius 2 is 1.75 bits per heavy atom. The van der Waals surface area contributed by atoms with Gasteiger partial charge >= 0.3 is 25.2 Å². The molecule has 3 aromatic rings. The number of likely N-dealkylation sites (N-methyl/N-ethyl adjacent to an activating group) is 2. The Hall–Kier alpha value is -4.57. The molecule has 0 radical (unpaired) electrons. The number of alkyl halides is 3. The van der Waals surface area contributed by atoms with Crippen molar-refractivity contribution < 1.29 is 37.4 Å². The van der Waals surface area contributed by atoms with Crippen molar-refractivity contribution >= 4 is 41.7 Å². The highest BCUT2D eigenvalue weighted by Crippen LogP contribution is 2.52. The first-order valence-electron chi connectivity index (χ1n) is 19.1. The zero-order valence-corrected chi connectivity index (χ0v) is 31.9. The second-order valence-electron chi connectivity index (χ2n) is 15.5. The van der Waals surface area contributed by atoms with Crippen LogP contribution in [0.25, 0.3) is 10.9 Å². The van der Waals surface area contributed by atoms with E-state index >= 15 is 0 Å². The summed E-state index contributed by atoms with van der Waals surface area (Å²) >= 11 is 0. The average Bonchev–Trinajstić information content (AvgIpc) is 3.75. The topological polar surface area (TPSA) is 141 Å². The molecule has 3 aliphatic rings. The largest absolute Gasteiger partial charge is 0.471 e. The van der Waals surface area contributed by atoms with E-state index in [0.29, 0.717) is 38.9 Å². The van der Waals surface area contributed by atoms with E-state index in [2.05, 4.69) is 10.3 Å². The van der Waals surface area contributed by atoms with Gasteiger partial charge in [0.05, 0.1) is 5.92 Å². The lowest BCUT2D eigenvalue weighted by Gasteiger charge is -2.42. The number of carbonyl (C=O) groups is 4.